The average Bonchev–Trinajstić information content (AvgIpc) is 2.60. The molecule has 2 rings (SSSR count). The van der Waals surface area contributed by atoms with Gasteiger partial charge in [-0.1, -0.05) is 22.0 Å². The van der Waals surface area contributed by atoms with Crippen LogP contribution in [-0.4, -0.2) is 0 Å². The Morgan fingerprint density at radius 1 is 1.54 bits per heavy atom. The van der Waals surface area contributed by atoms with Crippen molar-refractivity contribution < 1.29 is 4.39 Å². The van der Waals surface area contributed by atoms with E-state index in [0.717, 1.165) is 26.5 Å². The number of benzene rings is 1. The molecule has 0 amide bonds. The van der Waals surface area contributed by atoms with Crippen LogP contribution in [-0.2, 0) is 5.33 Å². The Morgan fingerprint density at radius 2 is 2.31 bits per heavy atom. The van der Waals surface area contributed by atoms with E-state index in [1.165, 1.54) is 11.3 Å². The van der Waals surface area contributed by atoms with Crippen molar-refractivity contribution in [2.24, 2.45) is 0 Å². The number of thiophene rings is 1. The van der Waals surface area contributed by atoms with Crippen LogP contribution in [0.4, 0.5) is 4.39 Å². The van der Waals surface area contributed by atoms with Gasteiger partial charge < -0.3 is 0 Å². The maximum atomic E-state index is 13.5. The summed E-state index contributed by atoms with van der Waals surface area (Å²) >= 11 is 4.87. The Bertz CT molecular complexity index is 447. The lowest BCUT2D eigenvalue weighted by Crippen LogP contribution is -1.86. The van der Waals surface area contributed by atoms with Crippen LogP contribution in [0.3, 0.4) is 0 Å². The first kappa shape index (κ1) is 9.16. The Morgan fingerprint density at radius 3 is 3.00 bits per heavy atom. The fraction of sp³-hybridized carbons (Fsp3) is 0.200. The van der Waals surface area contributed by atoms with Crippen molar-refractivity contribution in [3.63, 3.8) is 0 Å². The third-order valence-corrected chi connectivity index (χ3v) is 3.60. The topological polar surface area (TPSA) is 0 Å². The van der Waals surface area contributed by atoms with Crippen molar-refractivity contribution in [1.29, 1.82) is 0 Å². The zero-order valence-electron chi connectivity index (χ0n) is 7.10. The van der Waals surface area contributed by atoms with Crippen LogP contribution in [0.25, 0.3) is 10.1 Å². The highest BCUT2D eigenvalue weighted by atomic mass is 79.9. The number of fused-ring (bicyclic) bond motifs is 1. The molecule has 1 aromatic heterocycles. The van der Waals surface area contributed by atoms with E-state index in [1.54, 1.807) is 6.92 Å². The molecule has 0 atom stereocenters. The van der Waals surface area contributed by atoms with E-state index in [9.17, 15) is 4.39 Å². The van der Waals surface area contributed by atoms with Crippen LogP contribution < -0.4 is 0 Å². The van der Waals surface area contributed by atoms with Crippen LogP contribution in [0.5, 0.6) is 0 Å². The molecule has 2 aromatic rings. The fourth-order valence-corrected chi connectivity index (χ4v) is 2.82. The Hall–Kier alpha value is -0.410. The van der Waals surface area contributed by atoms with E-state index in [1.807, 2.05) is 17.5 Å². The van der Waals surface area contributed by atoms with Crippen LogP contribution in [0.2, 0.25) is 0 Å². The summed E-state index contributed by atoms with van der Waals surface area (Å²) in [6.45, 7) is 1.81. The van der Waals surface area contributed by atoms with Crippen LogP contribution in [0, 0.1) is 12.7 Å². The molecule has 0 aliphatic carbocycles. The maximum Gasteiger partial charge on any atom is 0.143 e. The molecule has 13 heavy (non-hydrogen) atoms. The minimum absolute atomic E-state index is 0.0744. The minimum Gasteiger partial charge on any atom is -0.205 e. The molecular weight excluding hydrogens is 251 g/mol. The number of alkyl halides is 1. The summed E-state index contributed by atoms with van der Waals surface area (Å²) in [4.78, 5) is 0. The van der Waals surface area contributed by atoms with Gasteiger partial charge in [-0.25, -0.2) is 4.39 Å². The molecule has 0 unspecified atom stereocenters. The van der Waals surface area contributed by atoms with E-state index in [-0.39, 0.29) is 5.82 Å². The number of rotatable bonds is 1. The van der Waals surface area contributed by atoms with Crippen LogP contribution in [0.15, 0.2) is 17.5 Å². The van der Waals surface area contributed by atoms with E-state index >= 15 is 0 Å². The Kier molecular flexibility index (Phi) is 2.39. The van der Waals surface area contributed by atoms with Gasteiger partial charge in [0.25, 0.3) is 0 Å². The summed E-state index contributed by atoms with van der Waals surface area (Å²) in [6, 6.07) is 3.87. The minimum atomic E-state index is -0.0744. The van der Waals surface area contributed by atoms with Gasteiger partial charge in [-0.3, -0.25) is 0 Å². The summed E-state index contributed by atoms with van der Waals surface area (Å²) in [5.74, 6) is -0.0744. The standard InChI is InChI=1S/C10H8BrFS/c1-6-4-7(5-11)8-2-3-13-10(8)9(6)12/h2-4H,5H2,1H3. The van der Waals surface area contributed by atoms with Crippen molar-refractivity contribution in [2.45, 2.75) is 12.3 Å². The highest BCUT2D eigenvalue weighted by molar-refractivity contribution is 9.08. The van der Waals surface area contributed by atoms with E-state index in [0.29, 0.717) is 0 Å². The molecule has 0 bridgehead atoms. The van der Waals surface area contributed by atoms with Crippen molar-refractivity contribution in [3.05, 3.63) is 34.5 Å². The molecule has 0 fully saturated rings. The van der Waals surface area contributed by atoms with Crippen molar-refractivity contribution in [3.8, 4) is 0 Å². The first-order valence-corrected chi connectivity index (χ1v) is 5.95. The number of hydrogen-bond donors (Lipinski definition) is 0. The summed E-state index contributed by atoms with van der Waals surface area (Å²) in [5, 5.41) is 3.74. The normalized spacial score (nSPS) is 11.0. The van der Waals surface area contributed by atoms with Gasteiger partial charge in [0.2, 0.25) is 0 Å². The van der Waals surface area contributed by atoms with Gasteiger partial charge in [-0.05, 0) is 34.9 Å². The van der Waals surface area contributed by atoms with E-state index < -0.39 is 0 Å². The molecule has 0 spiro atoms. The second-order valence-corrected chi connectivity index (χ2v) is 4.44. The largest absolute Gasteiger partial charge is 0.205 e. The molecule has 3 heteroatoms. The monoisotopic (exact) mass is 258 g/mol. The quantitative estimate of drug-likeness (QED) is 0.672. The summed E-state index contributed by atoms with van der Waals surface area (Å²) < 4.78 is 14.3. The van der Waals surface area contributed by atoms with Crippen molar-refractivity contribution in [2.75, 3.05) is 0 Å². The van der Waals surface area contributed by atoms with Gasteiger partial charge in [-0.2, -0.15) is 0 Å². The average molecular weight is 259 g/mol. The molecule has 1 aromatic carbocycles. The highest BCUT2D eigenvalue weighted by Crippen LogP contribution is 2.30. The molecular formula is C10H8BrFS. The molecule has 0 nitrogen and oxygen atoms in total. The van der Waals surface area contributed by atoms with Crippen LogP contribution in [0.1, 0.15) is 11.1 Å². The van der Waals surface area contributed by atoms with Gasteiger partial charge in [0.05, 0.1) is 4.70 Å². The third kappa shape index (κ3) is 1.40. The van der Waals surface area contributed by atoms with Gasteiger partial charge in [0.15, 0.2) is 0 Å². The van der Waals surface area contributed by atoms with Gasteiger partial charge >= 0.3 is 0 Å². The summed E-state index contributed by atoms with van der Waals surface area (Å²) in [7, 11) is 0. The van der Waals surface area contributed by atoms with Gasteiger partial charge in [0.1, 0.15) is 5.82 Å². The zero-order valence-corrected chi connectivity index (χ0v) is 9.51. The predicted octanol–water partition coefficient (Wildman–Crippen LogP) is 4.24. The Balaban J connectivity index is 2.87. The lowest BCUT2D eigenvalue weighted by Gasteiger charge is -2.02. The first-order valence-electron chi connectivity index (χ1n) is 3.95. The SMILES string of the molecule is Cc1cc(CBr)c2ccsc2c1F. The molecule has 68 valence electrons. The van der Waals surface area contributed by atoms with Crippen LogP contribution >= 0.6 is 27.3 Å². The number of halogens is 2. The molecule has 0 radical (unpaired) electrons. The van der Waals surface area contributed by atoms with Crippen molar-refractivity contribution >= 4 is 37.4 Å². The fourth-order valence-electron chi connectivity index (χ4n) is 1.42. The zero-order chi connectivity index (χ0) is 9.42. The summed E-state index contributed by atoms with van der Waals surface area (Å²) in [5.41, 5.74) is 1.89. The Labute approximate surface area is 88.5 Å². The second-order valence-electron chi connectivity index (χ2n) is 2.96. The maximum absolute atomic E-state index is 13.5. The summed E-state index contributed by atoms with van der Waals surface area (Å²) in [6.07, 6.45) is 0. The lowest BCUT2D eigenvalue weighted by atomic mass is 10.1. The third-order valence-electron chi connectivity index (χ3n) is 2.09. The number of hydrogen-bond acceptors (Lipinski definition) is 1. The molecule has 1 heterocycles. The molecule has 0 aliphatic rings. The van der Waals surface area contributed by atoms with Gasteiger partial charge in [-0.15, -0.1) is 11.3 Å². The number of aryl methyl sites for hydroxylation is 1. The van der Waals surface area contributed by atoms with E-state index in [4.69, 9.17) is 0 Å². The second kappa shape index (κ2) is 3.39. The van der Waals surface area contributed by atoms with Crippen molar-refractivity contribution in [1.82, 2.24) is 0 Å². The highest BCUT2D eigenvalue weighted by Gasteiger charge is 2.09. The predicted molar refractivity (Wildman–Crippen MR) is 59.2 cm³/mol. The molecule has 0 saturated carbocycles. The first-order chi connectivity index (χ1) is 6.24. The molecule has 0 N–H and O–H groups in total. The smallest absolute Gasteiger partial charge is 0.143 e. The van der Waals surface area contributed by atoms with E-state index in [2.05, 4.69) is 15.9 Å². The molecule has 0 saturated heterocycles. The van der Waals surface area contributed by atoms with Gasteiger partial charge in [0, 0.05) is 5.33 Å². The lowest BCUT2D eigenvalue weighted by molar-refractivity contribution is 0.632. The molecule has 0 aliphatic heterocycles.